The van der Waals surface area contributed by atoms with Crippen molar-refractivity contribution in [2.75, 3.05) is 13.1 Å². The van der Waals surface area contributed by atoms with Gasteiger partial charge in [0, 0.05) is 48.9 Å². The van der Waals surface area contributed by atoms with E-state index >= 15 is 0 Å². The average molecular weight is 596 g/mol. The van der Waals surface area contributed by atoms with Gasteiger partial charge in [-0.25, -0.2) is 4.79 Å². The molecule has 12 heteroatoms. The number of carboxylic acid groups (broad SMARTS) is 1. The SMILES string of the molecule is C/C=C1/CN(C(=O)[C@H](CCCCN=C(N)N)NC(=O)CC(C)C)[C@H](C(=O)N[C@@H](Cc2c[nH]c3ccccc23)C(=O)O)[C@@H]1C. The summed E-state index contributed by atoms with van der Waals surface area (Å²) in [4.78, 5) is 61.3. The lowest BCUT2D eigenvalue weighted by Crippen LogP contribution is -2.56. The summed E-state index contributed by atoms with van der Waals surface area (Å²) in [6.45, 7) is 8.13. The number of carbonyl (C=O) groups excluding carboxylic acids is 3. The number of unbranched alkanes of at least 4 members (excludes halogenated alkanes) is 1. The number of aliphatic imine (C=N–C) groups is 1. The second-order valence-corrected chi connectivity index (χ2v) is 11.5. The Kier molecular flexibility index (Phi) is 11.7. The number of hydrogen-bond acceptors (Lipinski definition) is 5. The first-order valence-electron chi connectivity index (χ1n) is 14.8. The van der Waals surface area contributed by atoms with E-state index in [0.29, 0.717) is 25.8 Å². The molecule has 0 radical (unpaired) electrons. The molecule has 0 saturated carbocycles. The minimum Gasteiger partial charge on any atom is -0.480 e. The Balaban J connectivity index is 1.82. The van der Waals surface area contributed by atoms with Crippen LogP contribution in [-0.4, -0.2) is 75.9 Å². The topological polar surface area (TPSA) is 196 Å². The number of aliphatic carboxylic acids is 1. The van der Waals surface area contributed by atoms with Crippen LogP contribution in [0.1, 0.15) is 58.9 Å². The summed E-state index contributed by atoms with van der Waals surface area (Å²) in [5.74, 6) is -2.61. The van der Waals surface area contributed by atoms with E-state index in [2.05, 4.69) is 20.6 Å². The molecule has 3 amide bonds. The van der Waals surface area contributed by atoms with Crippen molar-refractivity contribution in [2.45, 2.75) is 77.9 Å². The van der Waals surface area contributed by atoms with Crippen molar-refractivity contribution in [3.05, 3.63) is 47.7 Å². The molecule has 2 heterocycles. The number of hydrogen-bond donors (Lipinski definition) is 6. The number of rotatable bonds is 14. The molecule has 4 atom stereocenters. The third kappa shape index (κ3) is 8.82. The van der Waals surface area contributed by atoms with Gasteiger partial charge < -0.3 is 37.1 Å². The van der Waals surface area contributed by atoms with Gasteiger partial charge in [-0.15, -0.1) is 0 Å². The van der Waals surface area contributed by atoms with Crippen molar-refractivity contribution in [3.8, 4) is 0 Å². The van der Waals surface area contributed by atoms with Gasteiger partial charge in [0.15, 0.2) is 5.96 Å². The first-order chi connectivity index (χ1) is 20.4. The Labute approximate surface area is 252 Å². The second kappa shape index (κ2) is 15.2. The number of likely N-dealkylation sites (tertiary alicyclic amines) is 1. The molecular formula is C31H45N7O5. The van der Waals surface area contributed by atoms with Crippen molar-refractivity contribution < 1.29 is 24.3 Å². The van der Waals surface area contributed by atoms with Gasteiger partial charge in [-0.2, -0.15) is 0 Å². The maximum atomic E-state index is 14.0. The molecular weight excluding hydrogens is 550 g/mol. The molecule has 0 bridgehead atoms. The molecule has 0 spiro atoms. The minimum absolute atomic E-state index is 0.0130. The molecule has 1 aliphatic heterocycles. The summed E-state index contributed by atoms with van der Waals surface area (Å²) >= 11 is 0. The van der Waals surface area contributed by atoms with Crippen LogP contribution in [0.4, 0.5) is 0 Å². The second-order valence-electron chi connectivity index (χ2n) is 11.5. The average Bonchev–Trinajstić information content (AvgIpc) is 3.51. The minimum atomic E-state index is -1.21. The standard InChI is InChI=1S/C31H45N7O5/c1-5-20-17-38(29(41)24(36-26(39)14-18(2)3)12-8-9-13-34-31(32)33)27(19(20)4)28(40)37-25(30(42)43)15-21-16-35-23-11-7-6-10-22(21)23/h5-7,10-11,16,18-19,24-25,27,35H,8-9,12-15,17H2,1-4H3,(H,36,39)(H,37,40)(H,42,43)(H4,32,33,34)/b20-5-/t19-,24+,25+,27+/m1/s1. The first-order valence-corrected chi connectivity index (χ1v) is 14.8. The van der Waals surface area contributed by atoms with Gasteiger partial charge in [0.05, 0.1) is 0 Å². The number of para-hydroxylation sites is 1. The highest BCUT2D eigenvalue weighted by molar-refractivity contribution is 5.95. The number of aromatic nitrogens is 1. The molecule has 0 unspecified atom stereocenters. The molecule has 1 aromatic carbocycles. The normalized spacial score (nSPS) is 18.9. The van der Waals surface area contributed by atoms with Crippen LogP contribution in [0.5, 0.6) is 0 Å². The van der Waals surface area contributed by atoms with Crippen LogP contribution < -0.4 is 22.1 Å². The van der Waals surface area contributed by atoms with E-state index in [4.69, 9.17) is 11.5 Å². The molecule has 1 saturated heterocycles. The molecule has 12 nitrogen and oxygen atoms in total. The number of benzene rings is 1. The van der Waals surface area contributed by atoms with E-state index in [1.165, 1.54) is 4.90 Å². The highest BCUT2D eigenvalue weighted by Gasteiger charge is 2.44. The summed E-state index contributed by atoms with van der Waals surface area (Å²) in [5, 5.41) is 16.5. The zero-order valence-corrected chi connectivity index (χ0v) is 25.4. The Morgan fingerprint density at radius 2 is 1.86 bits per heavy atom. The van der Waals surface area contributed by atoms with Crippen molar-refractivity contribution in [2.24, 2.45) is 28.3 Å². The lowest BCUT2D eigenvalue weighted by molar-refractivity contribution is -0.145. The summed E-state index contributed by atoms with van der Waals surface area (Å²) in [6, 6.07) is 4.54. The highest BCUT2D eigenvalue weighted by Crippen LogP contribution is 2.31. The predicted molar refractivity (Wildman–Crippen MR) is 166 cm³/mol. The maximum Gasteiger partial charge on any atom is 0.326 e. The number of carboxylic acids is 1. The molecule has 3 rings (SSSR count). The van der Waals surface area contributed by atoms with Crippen LogP contribution >= 0.6 is 0 Å². The summed E-state index contributed by atoms with van der Waals surface area (Å²) in [5.41, 5.74) is 13.3. The Morgan fingerprint density at radius 3 is 2.51 bits per heavy atom. The zero-order chi connectivity index (χ0) is 31.7. The molecule has 1 fully saturated rings. The predicted octanol–water partition coefficient (Wildman–Crippen LogP) is 2.05. The number of H-pyrrole nitrogens is 1. The number of aromatic amines is 1. The number of fused-ring (bicyclic) bond motifs is 1. The lowest BCUT2D eigenvalue weighted by Gasteiger charge is -2.30. The molecule has 8 N–H and O–H groups in total. The van der Waals surface area contributed by atoms with Gasteiger partial charge in [0.1, 0.15) is 18.1 Å². The van der Waals surface area contributed by atoms with Gasteiger partial charge in [-0.05, 0) is 49.3 Å². The van der Waals surface area contributed by atoms with Crippen molar-refractivity contribution >= 4 is 40.6 Å². The van der Waals surface area contributed by atoms with Gasteiger partial charge >= 0.3 is 5.97 Å². The molecule has 2 aromatic rings. The van der Waals surface area contributed by atoms with E-state index < -0.39 is 30.0 Å². The van der Waals surface area contributed by atoms with Gasteiger partial charge in [-0.3, -0.25) is 19.4 Å². The van der Waals surface area contributed by atoms with Crippen LogP contribution in [0.25, 0.3) is 10.9 Å². The fraction of sp³-hybridized carbons (Fsp3) is 0.516. The van der Waals surface area contributed by atoms with Crippen LogP contribution in [0, 0.1) is 11.8 Å². The fourth-order valence-corrected chi connectivity index (χ4v) is 5.58. The number of allylic oxidation sites excluding steroid dienone is 1. The molecule has 1 aliphatic rings. The third-order valence-electron chi connectivity index (χ3n) is 7.81. The van der Waals surface area contributed by atoms with E-state index in [-0.39, 0.29) is 49.0 Å². The van der Waals surface area contributed by atoms with Crippen LogP contribution in [0.15, 0.2) is 47.1 Å². The van der Waals surface area contributed by atoms with Crippen LogP contribution in [-0.2, 0) is 25.6 Å². The molecule has 234 valence electrons. The summed E-state index contributed by atoms with van der Waals surface area (Å²) in [6.07, 6.45) is 5.46. The maximum absolute atomic E-state index is 14.0. The first kappa shape index (κ1) is 33.2. The van der Waals surface area contributed by atoms with Crippen molar-refractivity contribution in [1.82, 2.24) is 20.5 Å². The van der Waals surface area contributed by atoms with Crippen molar-refractivity contribution in [1.29, 1.82) is 0 Å². The van der Waals surface area contributed by atoms with Gasteiger partial charge in [0.2, 0.25) is 17.7 Å². The van der Waals surface area contributed by atoms with Crippen LogP contribution in [0.2, 0.25) is 0 Å². The van der Waals surface area contributed by atoms with E-state index in [1.54, 1.807) is 6.20 Å². The largest absolute Gasteiger partial charge is 0.480 e. The smallest absolute Gasteiger partial charge is 0.326 e. The van der Waals surface area contributed by atoms with E-state index in [9.17, 15) is 24.3 Å². The quantitative estimate of drug-likeness (QED) is 0.0831. The van der Waals surface area contributed by atoms with Crippen LogP contribution in [0.3, 0.4) is 0 Å². The number of guanidine groups is 1. The Bertz CT molecular complexity index is 1360. The number of amides is 3. The van der Waals surface area contributed by atoms with Gasteiger partial charge in [0.25, 0.3) is 0 Å². The number of nitrogens with zero attached hydrogens (tertiary/aromatic N) is 2. The molecule has 1 aromatic heterocycles. The zero-order valence-electron chi connectivity index (χ0n) is 25.4. The lowest BCUT2D eigenvalue weighted by atomic mass is 9.96. The third-order valence-corrected chi connectivity index (χ3v) is 7.81. The van der Waals surface area contributed by atoms with Crippen molar-refractivity contribution in [3.63, 3.8) is 0 Å². The number of nitrogens with one attached hydrogen (secondary N) is 3. The summed E-state index contributed by atoms with van der Waals surface area (Å²) in [7, 11) is 0. The summed E-state index contributed by atoms with van der Waals surface area (Å²) < 4.78 is 0. The Hall–Kier alpha value is -4.35. The van der Waals surface area contributed by atoms with E-state index in [0.717, 1.165) is 22.0 Å². The number of nitrogens with two attached hydrogens (primary N) is 2. The Morgan fingerprint density at radius 1 is 1.14 bits per heavy atom. The number of carbonyl (C=O) groups is 4. The highest BCUT2D eigenvalue weighted by atomic mass is 16.4. The fourth-order valence-electron chi connectivity index (χ4n) is 5.58. The molecule has 0 aliphatic carbocycles. The molecule has 43 heavy (non-hydrogen) atoms. The van der Waals surface area contributed by atoms with E-state index in [1.807, 2.05) is 58.0 Å². The van der Waals surface area contributed by atoms with Gasteiger partial charge in [-0.1, -0.05) is 45.0 Å². The monoisotopic (exact) mass is 595 g/mol.